The largest absolute Gasteiger partial charge is 0.481 e. The lowest BCUT2D eigenvalue weighted by molar-refractivity contribution is -0.141. The number of hydrogen-bond acceptors (Lipinski definition) is 3. The predicted molar refractivity (Wildman–Crippen MR) is 78.1 cm³/mol. The van der Waals surface area contributed by atoms with Crippen molar-refractivity contribution in [2.75, 3.05) is 19.7 Å². The number of amides is 2. The van der Waals surface area contributed by atoms with E-state index in [0.29, 0.717) is 19.7 Å². The Morgan fingerprint density at radius 2 is 2.19 bits per heavy atom. The quantitative estimate of drug-likeness (QED) is 0.833. The van der Waals surface area contributed by atoms with E-state index in [1.165, 1.54) is 6.42 Å². The molecule has 1 saturated heterocycles. The van der Waals surface area contributed by atoms with Crippen LogP contribution in [0, 0.1) is 5.41 Å². The third-order valence-electron chi connectivity index (χ3n) is 4.36. The first-order chi connectivity index (χ1) is 9.85. The van der Waals surface area contributed by atoms with E-state index in [2.05, 4.69) is 19.2 Å². The Balaban J connectivity index is 1.83. The van der Waals surface area contributed by atoms with Gasteiger partial charge in [-0.25, -0.2) is 4.79 Å². The zero-order valence-electron chi connectivity index (χ0n) is 12.9. The van der Waals surface area contributed by atoms with Crippen molar-refractivity contribution >= 4 is 12.0 Å². The summed E-state index contributed by atoms with van der Waals surface area (Å²) in [6, 6.07) is 0.137. The fourth-order valence-electron chi connectivity index (χ4n) is 3.31. The minimum Gasteiger partial charge on any atom is -0.481 e. The summed E-state index contributed by atoms with van der Waals surface area (Å²) in [4.78, 5) is 24.7. The highest BCUT2D eigenvalue weighted by atomic mass is 16.5. The van der Waals surface area contributed by atoms with Crippen LogP contribution in [-0.2, 0) is 9.53 Å². The minimum absolute atomic E-state index is 0.0553. The highest BCUT2D eigenvalue weighted by Crippen LogP contribution is 2.35. The number of carbonyl (C=O) groups excluding carboxylic acids is 1. The topological polar surface area (TPSA) is 78.9 Å². The van der Waals surface area contributed by atoms with Crippen LogP contribution >= 0.6 is 0 Å². The Labute approximate surface area is 125 Å². The molecule has 0 spiro atoms. The summed E-state index contributed by atoms with van der Waals surface area (Å²) in [5.74, 6) is -0.892. The lowest BCUT2D eigenvalue weighted by atomic mass is 9.75. The van der Waals surface area contributed by atoms with Crippen LogP contribution in [0.3, 0.4) is 0 Å². The first-order valence-corrected chi connectivity index (χ1v) is 7.74. The van der Waals surface area contributed by atoms with Gasteiger partial charge in [0.15, 0.2) is 0 Å². The summed E-state index contributed by atoms with van der Waals surface area (Å²) in [6.45, 7) is 5.76. The molecule has 2 rings (SSSR count). The standard InChI is InChI=1S/C15H26N2O4/c1-15(2)5-3-4-11(9-15)16-14(20)17-6-7-21-12(10-17)8-13(18)19/h11-12H,3-10H2,1-2H3,(H,16,20)(H,18,19). The average molecular weight is 298 g/mol. The maximum atomic E-state index is 12.3. The SMILES string of the molecule is CC1(C)CCCC(NC(=O)N2CCOC(CC(=O)O)C2)C1. The second-order valence-corrected chi connectivity index (χ2v) is 6.94. The molecule has 2 fully saturated rings. The van der Waals surface area contributed by atoms with Gasteiger partial charge in [-0.15, -0.1) is 0 Å². The number of carbonyl (C=O) groups is 2. The summed E-state index contributed by atoms with van der Waals surface area (Å²) in [5, 5.41) is 11.9. The van der Waals surface area contributed by atoms with E-state index in [0.717, 1.165) is 19.3 Å². The van der Waals surface area contributed by atoms with Gasteiger partial charge in [-0.3, -0.25) is 4.79 Å². The molecule has 2 amide bonds. The van der Waals surface area contributed by atoms with Crippen molar-refractivity contribution in [3.8, 4) is 0 Å². The number of nitrogens with zero attached hydrogens (tertiary/aromatic N) is 1. The van der Waals surface area contributed by atoms with Crippen LogP contribution in [0.2, 0.25) is 0 Å². The van der Waals surface area contributed by atoms with E-state index in [9.17, 15) is 9.59 Å². The third-order valence-corrected chi connectivity index (χ3v) is 4.36. The Hall–Kier alpha value is -1.30. The lowest BCUT2D eigenvalue weighted by Gasteiger charge is -2.38. The summed E-state index contributed by atoms with van der Waals surface area (Å²) in [5.41, 5.74) is 0.285. The van der Waals surface area contributed by atoms with Gasteiger partial charge in [0.05, 0.1) is 19.1 Å². The van der Waals surface area contributed by atoms with Gasteiger partial charge in [-0.2, -0.15) is 0 Å². The smallest absolute Gasteiger partial charge is 0.317 e. The molecule has 2 aliphatic rings. The number of carboxylic acids is 1. The van der Waals surface area contributed by atoms with Crippen LogP contribution in [0.25, 0.3) is 0 Å². The van der Waals surface area contributed by atoms with E-state index < -0.39 is 12.1 Å². The summed E-state index contributed by atoms with van der Waals surface area (Å²) in [6.07, 6.45) is 3.92. The number of nitrogens with one attached hydrogen (secondary N) is 1. The molecule has 6 heteroatoms. The molecule has 2 atom stereocenters. The number of rotatable bonds is 3. The lowest BCUT2D eigenvalue weighted by Crippen LogP contribution is -2.53. The van der Waals surface area contributed by atoms with Gasteiger partial charge in [0.1, 0.15) is 0 Å². The second kappa shape index (κ2) is 6.64. The molecule has 2 N–H and O–H groups in total. The predicted octanol–water partition coefficient (Wildman–Crippen LogP) is 1.84. The van der Waals surface area contributed by atoms with Crippen molar-refractivity contribution in [3.63, 3.8) is 0 Å². The molecule has 0 radical (unpaired) electrons. The van der Waals surface area contributed by atoms with Crippen molar-refractivity contribution in [2.45, 2.75) is 58.1 Å². The normalized spacial score (nSPS) is 29.0. The average Bonchev–Trinajstić information content (AvgIpc) is 2.37. The molecule has 0 bridgehead atoms. The number of urea groups is 1. The zero-order chi connectivity index (χ0) is 15.5. The Bertz CT molecular complexity index is 397. The van der Waals surface area contributed by atoms with Crippen molar-refractivity contribution in [2.24, 2.45) is 5.41 Å². The van der Waals surface area contributed by atoms with Gasteiger partial charge in [-0.1, -0.05) is 20.3 Å². The first-order valence-electron chi connectivity index (χ1n) is 7.74. The van der Waals surface area contributed by atoms with Crippen LogP contribution in [0.5, 0.6) is 0 Å². The van der Waals surface area contributed by atoms with Gasteiger partial charge >= 0.3 is 12.0 Å². The fraction of sp³-hybridized carbons (Fsp3) is 0.867. The molecular formula is C15H26N2O4. The summed E-state index contributed by atoms with van der Waals surface area (Å²) >= 11 is 0. The van der Waals surface area contributed by atoms with Crippen LogP contribution in [0.1, 0.15) is 46.0 Å². The monoisotopic (exact) mass is 298 g/mol. The van der Waals surface area contributed by atoms with Crippen molar-refractivity contribution in [3.05, 3.63) is 0 Å². The number of aliphatic carboxylic acids is 1. The summed E-state index contributed by atoms with van der Waals surface area (Å²) < 4.78 is 5.39. The van der Waals surface area contributed by atoms with E-state index in [1.54, 1.807) is 4.90 Å². The van der Waals surface area contributed by atoms with E-state index in [4.69, 9.17) is 9.84 Å². The second-order valence-electron chi connectivity index (χ2n) is 6.94. The Morgan fingerprint density at radius 3 is 2.86 bits per heavy atom. The van der Waals surface area contributed by atoms with Crippen LogP contribution < -0.4 is 5.32 Å². The highest BCUT2D eigenvalue weighted by molar-refractivity contribution is 5.75. The molecule has 0 aromatic carbocycles. The van der Waals surface area contributed by atoms with Crippen LogP contribution in [0.4, 0.5) is 4.79 Å². The van der Waals surface area contributed by atoms with Gasteiger partial charge in [0.25, 0.3) is 0 Å². The summed E-state index contributed by atoms with van der Waals surface area (Å²) in [7, 11) is 0. The minimum atomic E-state index is -0.892. The van der Waals surface area contributed by atoms with Gasteiger partial charge in [-0.05, 0) is 24.7 Å². The van der Waals surface area contributed by atoms with Gasteiger partial charge in [0, 0.05) is 19.1 Å². The van der Waals surface area contributed by atoms with Crippen molar-refractivity contribution < 1.29 is 19.4 Å². The Morgan fingerprint density at radius 1 is 1.43 bits per heavy atom. The van der Waals surface area contributed by atoms with E-state index >= 15 is 0 Å². The molecular weight excluding hydrogens is 272 g/mol. The molecule has 6 nitrogen and oxygen atoms in total. The number of ether oxygens (including phenoxy) is 1. The number of hydrogen-bond donors (Lipinski definition) is 2. The molecule has 1 heterocycles. The van der Waals surface area contributed by atoms with Crippen molar-refractivity contribution in [1.82, 2.24) is 10.2 Å². The zero-order valence-corrected chi connectivity index (χ0v) is 12.9. The molecule has 1 saturated carbocycles. The molecule has 2 unspecified atom stereocenters. The Kier molecular flexibility index (Phi) is 5.08. The van der Waals surface area contributed by atoms with E-state index in [-0.39, 0.29) is 23.9 Å². The third kappa shape index (κ3) is 4.88. The first kappa shape index (κ1) is 16.1. The fourth-order valence-corrected chi connectivity index (χ4v) is 3.31. The maximum absolute atomic E-state index is 12.3. The molecule has 0 aromatic heterocycles. The molecule has 21 heavy (non-hydrogen) atoms. The molecule has 1 aliphatic carbocycles. The molecule has 120 valence electrons. The van der Waals surface area contributed by atoms with Gasteiger partial charge in [0.2, 0.25) is 0 Å². The number of carboxylic acid groups (broad SMARTS) is 1. The number of morpholine rings is 1. The van der Waals surface area contributed by atoms with E-state index in [1.807, 2.05) is 0 Å². The molecule has 0 aromatic rings. The highest BCUT2D eigenvalue weighted by Gasteiger charge is 2.31. The van der Waals surface area contributed by atoms with Gasteiger partial charge < -0.3 is 20.1 Å². The molecule has 1 aliphatic heterocycles. The van der Waals surface area contributed by atoms with Crippen LogP contribution in [0.15, 0.2) is 0 Å². The van der Waals surface area contributed by atoms with Crippen molar-refractivity contribution in [1.29, 1.82) is 0 Å². The van der Waals surface area contributed by atoms with Crippen LogP contribution in [-0.4, -0.2) is 53.8 Å². The maximum Gasteiger partial charge on any atom is 0.317 e.